The van der Waals surface area contributed by atoms with E-state index in [0.29, 0.717) is 35.7 Å². The first-order valence-corrected chi connectivity index (χ1v) is 10.5. The van der Waals surface area contributed by atoms with Crippen molar-refractivity contribution in [3.8, 4) is 0 Å². The third-order valence-corrected chi connectivity index (χ3v) is 5.89. The molecule has 1 saturated carbocycles. The number of benzene rings is 1. The Kier molecular flexibility index (Phi) is 5.89. The lowest BCUT2D eigenvalue weighted by Gasteiger charge is -2.40. The van der Waals surface area contributed by atoms with Gasteiger partial charge in [-0.3, -0.25) is 14.7 Å². The van der Waals surface area contributed by atoms with Crippen molar-refractivity contribution in [3.05, 3.63) is 30.0 Å². The third kappa shape index (κ3) is 4.32. The summed E-state index contributed by atoms with van der Waals surface area (Å²) in [5.41, 5.74) is 8.12. The van der Waals surface area contributed by atoms with Gasteiger partial charge in [0.1, 0.15) is 6.61 Å². The molecule has 2 aliphatic heterocycles. The zero-order valence-electron chi connectivity index (χ0n) is 18.0. The van der Waals surface area contributed by atoms with Gasteiger partial charge in [0.25, 0.3) is 5.92 Å². The molecule has 0 aromatic heterocycles. The summed E-state index contributed by atoms with van der Waals surface area (Å²) in [6.45, 7) is 4.21. The van der Waals surface area contributed by atoms with E-state index < -0.39 is 17.9 Å². The number of nitrogens with zero attached hydrogens (tertiary/aromatic N) is 3. The van der Waals surface area contributed by atoms with Crippen LogP contribution in [-0.2, 0) is 14.3 Å². The van der Waals surface area contributed by atoms with Crippen LogP contribution in [0.5, 0.6) is 0 Å². The minimum atomic E-state index is -2.77. The summed E-state index contributed by atoms with van der Waals surface area (Å²) in [7, 11) is 0. The van der Waals surface area contributed by atoms with E-state index in [0.717, 1.165) is 0 Å². The van der Waals surface area contributed by atoms with E-state index in [1.807, 2.05) is 6.92 Å². The lowest BCUT2D eigenvalue weighted by atomic mass is 10.0. The molecule has 1 aromatic carbocycles. The molecule has 2 heterocycles. The predicted molar refractivity (Wildman–Crippen MR) is 116 cm³/mol. The SMILES string of the molecule is CC(=O)N1c2ccc(C(C=NC3COC3)=CN)cc2N(C(=O)OCC2CC2(F)F)C[C@@H]1C. The van der Waals surface area contributed by atoms with E-state index >= 15 is 0 Å². The highest BCUT2D eigenvalue weighted by atomic mass is 19.3. The Morgan fingerprint density at radius 1 is 1.34 bits per heavy atom. The van der Waals surface area contributed by atoms with Crippen LogP contribution in [0.3, 0.4) is 0 Å². The fraction of sp³-hybridized carbons (Fsp3) is 0.500. The van der Waals surface area contributed by atoms with Crippen LogP contribution in [0.25, 0.3) is 5.57 Å². The van der Waals surface area contributed by atoms with Gasteiger partial charge < -0.3 is 20.1 Å². The number of nitrogens with two attached hydrogens (primary N) is 1. The van der Waals surface area contributed by atoms with Gasteiger partial charge in [-0.25, -0.2) is 13.6 Å². The highest BCUT2D eigenvalue weighted by Crippen LogP contribution is 2.48. The number of allylic oxidation sites excluding steroid dienone is 1. The first-order chi connectivity index (χ1) is 15.2. The number of anilines is 2. The largest absolute Gasteiger partial charge is 0.449 e. The normalized spacial score (nSPS) is 24.8. The molecule has 2 N–H and O–H groups in total. The average Bonchev–Trinajstić information content (AvgIpc) is 3.33. The molecule has 0 bridgehead atoms. The molecule has 1 aliphatic carbocycles. The van der Waals surface area contributed by atoms with Crippen LogP contribution in [0.2, 0.25) is 0 Å². The van der Waals surface area contributed by atoms with Gasteiger partial charge in [-0.1, -0.05) is 6.07 Å². The van der Waals surface area contributed by atoms with Crippen LogP contribution < -0.4 is 15.5 Å². The second kappa shape index (κ2) is 8.50. The van der Waals surface area contributed by atoms with Gasteiger partial charge in [0.05, 0.1) is 42.6 Å². The smallest absolute Gasteiger partial charge is 0.414 e. The van der Waals surface area contributed by atoms with Gasteiger partial charge in [0.2, 0.25) is 5.91 Å². The van der Waals surface area contributed by atoms with E-state index in [1.54, 1.807) is 29.3 Å². The Bertz CT molecular complexity index is 977. The van der Waals surface area contributed by atoms with Crippen LogP contribution in [-0.4, -0.2) is 62.6 Å². The van der Waals surface area contributed by atoms with Gasteiger partial charge in [-0.05, 0) is 24.6 Å². The molecule has 4 rings (SSSR count). The zero-order chi connectivity index (χ0) is 23.0. The number of fused-ring (bicyclic) bond motifs is 1. The Balaban J connectivity index is 1.62. The molecule has 8 nitrogen and oxygen atoms in total. The quantitative estimate of drug-likeness (QED) is 0.699. The Morgan fingerprint density at radius 2 is 2.06 bits per heavy atom. The average molecular weight is 448 g/mol. The number of alkyl halides is 2. The first-order valence-electron chi connectivity index (χ1n) is 10.5. The van der Waals surface area contributed by atoms with Crippen LogP contribution >= 0.6 is 0 Å². The maximum Gasteiger partial charge on any atom is 0.414 e. The molecule has 172 valence electrons. The van der Waals surface area contributed by atoms with E-state index in [4.69, 9.17) is 15.2 Å². The van der Waals surface area contributed by atoms with E-state index in [9.17, 15) is 18.4 Å². The van der Waals surface area contributed by atoms with Gasteiger partial charge >= 0.3 is 6.09 Å². The lowest BCUT2D eigenvalue weighted by molar-refractivity contribution is -0.117. The summed E-state index contributed by atoms with van der Waals surface area (Å²) in [6.07, 6.45) is 2.07. The van der Waals surface area contributed by atoms with Gasteiger partial charge in [-0.15, -0.1) is 0 Å². The topological polar surface area (TPSA) is 97.5 Å². The van der Waals surface area contributed by atoms with Gasteiger partial charge in [0, 0.05) is 37.9 Å². The maximum atomic E-state index is 13.2. The van der Waals surface area contributed by atoms with Crippen molar-refractivity contribution < 1.29 is 27.8 Å². The molecule has 0 spiro atoms. The van der Waals surface area contributed by atoms with E-state index in [2.05, 4.69) is 4.99 Å². The molecular formula is C22H26F2N4O4. The van der Waals surface area contributed by atoms with Gasteiger partial charge in [-0.2, -0.15) is 0 Å². The molecule has 10 heteroatoms. The summed E-state index contributed by atoms with van der Waals surface area (Å²) >= 11 is 0. The minimum Gasteiger partial charge on any atom is -0.449 e. The second-order valence-corrected chi connectivity index (χ2v) is 8.38. The molecule has 2 amide bonds. The molecule has 1 saturated heterocycles. The molecule has 1 aromatic rings. The summed E-state index contributed by atoms with van der Waals surface area (Å²) in [4.78, 5) is 32.5. The zero-order valence-corrected chi connectivity index (χ0v) is 18.0. The molecular weight excluding hydrogens is 422 g/mol. The Hall–Kier alpha value is -3.01. The van der Waals surface area contributed by atoms with Crippen molar-refractivity contribution in [1.29, 1.82) is 0 Å². The van der Waals surface area contributed by atoms with Crippen molar-refractivity contribution in [3.63, 3.8) is 0 Å². The number of carbonyl (C=O) groups excluding carboxylic acids is 2. The summed E-state index contributed by atoms with van der Waals surface area (Å²) in [5, 5.41) is 0. The van der Waals surface area contributed by atoms with Crippen LogP contribution in [0.4, 0.5) is 25.0 Å². The van der Waals surface area contributed by atoms with Gasteiger partial charge in [0.15, 0.2) is 0 Å². The maximum absolute atomic E-state index is 13.2. The van der Waals surface area contributed by atoms with Crippen LogP contribution in [0.15, 0.2) is 29.4 Å². The Morgan fingerprint density at radius 3 is 2.62 bits per heavy atom. The number of halogens is 2. The number of rotatable bonds is 5. The van der Waals surface area contributed by atoms with Crippen molar-refractivity contribution in [2.24, 2.45) is 16.6 Å². The summed E-state index contributed by atoms with van der Waals surface area (Å²) in [5.74, 6) is -3.87. The molecule has 2 fully saturated rings. The molecule has 1 unspecified atom stereocenters. The van der Waals surface area contributed by atoms with E-state index in [1.165, 1.54) is 18.0 Å². The van der Waals surface area contributed by atoms with Crippen LogP contribution in [0.1, 0.15) is 25.8 Å². The second-order valence-electron chi connectivity index (χ2n) is 8.38. The van der Waals surface area contributed by atoms with E-state index in [-0.39, 0.29) is 37.6 Å². The highest BCUT2D eigenvalue weighted by Gasteiger charge is 2.57. The van der Waals surface area contributed by atoms with Crippen molar-refractivity contribution in [1.82, 2.24) is 0 Å². The van der Waals surface area contributed by atoms with Crippen molar-refractivity contribution in [2.75, 3.05) is 36.2 Å². The molecule has 32 heavy (non-hydrogen) atoms. The number of amides is 2. The number of hydrogen-bond acceptors (Lipinski definition) is 6. The molecule has 2 atom stereocenters. The third-order valence-electron chi connectivity index (χ3n) is 5.89. The minimum absolute atomic E-state index is 0.0867. The van der Waals surface area contributed by atoms with Crippen molar-refractivity contribution >= 4 is 35.2 Å². The highest BCUT2D eigenvalue weighted by molar-refractivity contribution is 6.11. The van der Waals surface area contributed by atoms with Crippen LogP contribution in [0, 0.1) is 5.92 Å². The predicted octanol–water partition coefficient (Wildman–Crippen LogP) is 2.81. The fourth-order valence-electron chi connectivity index (χ4n) is 3.87. The standard InChI is InChI=1S/C22H26F2N4O4/c1-13-9-27(21(30)32-10-17-6-22(17,23)24)20-5-15(3-4-19(20)28(13)14(2)29)16(7-25)8-26-18-11-31-12-18/h3-5,7-8,13,17-18H,6,9-12,25H2,1-2H3/t13-,17?/m0/s1. The summed E-state index contributed by atoms with van der Waals surface area (Å²) in [6, 6.07) is 5.03. The number of hydrogen-bond donors (Lipinski definition) is 1. The Labute approximate surface area is 184 Å². The number of carbonyl (C=O) groups is 2. The molecule has 3 aliphatic rings. The number of aliphatic imine (C=N–C) groups is 1. The molecule has 0 radical (unpaired) electrons. The first kappa shape index (κ1) is 22.2. The fourth-order valence-corrected chi connectivity index (χ4v) is 3.87. The number of ether oxygens (including phenoxy) is 2. The monoisotopic (exact) mass is 448 g/mol. The van der Waals surface area contributed by atoms with Crippen molar-refractivity contribution in [2.45, 2.75) is 38.3 Å². The summed E-state index contributed by atoms with van der Waals surface area (Å²) < 4.78 is 36.7. The lowest BCUT2D eigenvalue weighted by Crippen LogP contribution is -2.51.